The molecule has 0 radical (unpaired) electrons. The Bertz CT molecular complexity index is 1250. The number of Topliss-reactive ketones (excluding diaryl/α,β-unsaturated/α-hetero) is 1. The third-order valence-electron chi connectivity index (χ3n) is 5.42. The van der Waals surface area contributed by atoms with Crippen molar-refractivity contribution >= 4 is 39.1 Å². The Labute approximate surface area is 193 Å². The predicted molar refractivity (Wildman–Crippen MR) is 125 cm³/mol. The molecule has 1 unspecified atom stereocenters. The first-order valence-electron chi connectivity index (χ1n) is 9.82. The van der Waals surface area contributed by atoms with Gasteiger partial charge in [0, 0.05) is 21.8 Å². The average molecular weight is 494 g/mol. The van der Waals surface area contributed by atoms with Gasteiger partial charge in [-0.05, 0) is 54.4 Å². The highest BCUT2D eigenvalue weighted by Gasteiger charge is 2.47. The van der Waals surface area contributed by atoms with Gasteiger partial charge in [0.05, 0.1) is 18.7 Å². The van der Waals surface area contributed by atoms with Crippen LogP contribution in [0.5, 0.6) is 11.5 Å². The van der Waals surface area contributed by atoms with Gasteiger partial charge in [-0.15, -0.1) is 0 Å². The lowest BCUT2D eigenvalue weighted by molar-refractivity contribution is -0.132. The fourth-order valence-corrected chi connectivity index (χ4v) is 4.03. The number of amides is 1. The summed E-state index contributed by atoms with van der Waals surface area (Å²) in [5.74, 6) is -1.23. The van der Waals surface area contributed by atoms with Gasteiger partial charge < -0.3 is 14.9 Å². The summed E-state index contributed by atoms with van der Waals surface area (Å²) in [5.41, 5.74) is 2.30. The highest BCUT2D eigenvalue weighted by Crippen LogP contribution is 2.43. The van der Waals surface area contributed by atoms with Crippen LogP contribution in [0.3, 0.4) is 0 Å². The molecule has 4 rings (SSSR count). The summed E-state index contributed by atoms with van der Waals surface area (Å²) in [6, 6.07) is 17.3. The van der Waals surface area contributed by atoms with Crippen LogP contribution in [-0.4, -0.2) is 29.0 Å². The van der Waals surface area contributed by atoms with Crippen LogP contribution >= 0.6 is 15.9 Å². The van der Waals surface area contributed by atoms with E-state index in [0.717, 1.165) is 10.0 Å². The number of ketones is 1. The molecule has 0 spiro atoms. The number of carbonyl (C=O) groups excluding carboxylic acids is 2. The SMILES string of the molecule is COc1cccc(N2C(=O)C(=O)/C(=C(/O)c3ccc(Br)c(C)c3)C2c2ccc(O)cc2)c1. The molecule has 1 atom stereocenters. The van der Waals surface area contributed by atoms with Gasteiger partial charge in [-0.3, -0.25) is 14.5 Å². The van der Waals surface area contributed by atoms with Crippen molar-refractivity contribution in [2.45, 2.75) is 13.0 Å². The molecular formula is C25H20BrNO5. The molecule has 1 aliphatic rings. The van der Waals surface area contributed by atoms with E-state index in [0.29, 0.717) is 22.6 Å². The lowest BCUT2D eigenvalue weighted by Gasteiger charge is -2.25. The van der Waals surface area contributed by atoms with Crippen LogP contribution in [0.2, 0.25) is 0 Å². The molecule has 0 bridgehead atoms. The van der Waals surface area contributed by atoms with Crippen molar-refractivity contribution in [2.75, 3.05) is 12.0 Å². The van der Waals surface area contributed by atoms with E-state index in [1.807, 2.05) is 6.92 Å². The van der Waals surface area contributed by atoms with Crippen LogP contribution in [0, 0.1) is 6.92 Å². The number of ether oxygens (including phenoxy) is 1. The minimum Gasteiger partial charge on any atom is -0.508 e. The Balaban J connectivity index is 1.95. The summed E-state index contributed by atoms with van der Waals surface area (Å²) in [6.45, 7) is 1.87. The standard InChI is InChI=1S/C25H20BrNO5/c1-14-12-16(8-11-20(14)26)23(29)21-22(15-6-9-18(28)10-7-15)27(25(31)24(21)30)17-4-3-5-19(13-17)32-2/h3-13,22,28-29H,1-2H3/b23-21+. The molecule has 1 aliphatic heterocycles. The molecule has 2 N–H and O–H groups in total. The second-order valence-corrected chi connectivity index (χ2v) is 8.28. The van der Waals surface area contributed by atoms with Gasteiger partial charge in [0.25, 0.3) is 11.7 Å². The smallest absolute Gasteiger partial charge is 0.300 e. The number of aryl methyl sites for hydroxylation is 1. The molecule has 7 heteroatoms. The Morgan fingerprint density at radius 1 is 1.03 bits per heavy atom. The second-order valence-electron chi connectivity index (χ2n) is 7.43. The van der Waals surface area contributed by atoms with Crippen LogP contribution < -0.4 is 9.64 Å². The number of aliphatic hydroxyl groups is 1. The summed E-state index contributed by atoms with van der Waals surface area (Å²) in [6.07, 6.45) is 0. The van der Waals surface area contributed by atoms with Crippen LogP contribution in [0.4, 0.5) is 5.69 Å². The van der Waals surface area contributed by atoms with Gasteiger partial charge in [0.15, 0.2) is 0 Å². The van der Waals surface area contributed by atoms with E-state index in [4.69, 9.17) is 4.74 Å². The number of methoxy groups -OCH3 is 1. The number of hydrogen-bond acceptors (Lipinski definition) is 5. The van der Waals surface area contributed by atoms with E-state index in [9.17, 15) is 19.8 Å². The predicted octanol–water partition coefficient (Wildman–Crippen LogP) is 5.10. The number of halogens is 1. The molecule has 3 aromatic carbocycles. The van der Waals surface area contributed by atoms with Gasteiger partial charge >= 0.3 is 0 Å². The first kappa shape index (κ1) is 21.6. The van der Waals surface area contributed by atoms with Crippen LogP contribution in [-0.2, 0) is 9.59 Å². The zero-order chi connectivity index (χ0) is 23.0. The summed E-state index contributed by atoms with van der Waals surface area (Å²) >= 11 is 3.43. The number of rotatable bonds is 4. The summed E-state index contributed by atoms with van der Waals surface area (Å²) in [4.78, 5) is 27.7. The number of aliphatic hydroxyl groups excluding tert-OH is 1. The Kier molecular flexibility index (Phi) is 5.76. The van der Waals surface area contributed by atoms with E-state index in [1.165, 1.54) is 24.1 Å². The number of hydrogen-bond donors (Lipinski definition) is 2. The first-order chi connectivity index (χ1) is 15.3. The van der Waals surface area contributed by atoms with Crippen molar-refractivity contribution < 1.29 is 24.5 Å². The molecule has 162 valence electrons. The largest absolute Gasteiger partial charge is 0.508 e. The molecule has 1 fully saturated rings. The van der Waals surface area contributed by atoms with Gasteiger partial charge in [-0.25, -0.2) is 0 Å². The minimum atomic E-state index is -0.883. The number of benzene rings is 3. The number of nitrogens with zero attached hydrogens (tertiary/aromatic N) is 1. The molecule has 3 aromatic rings. The topological polar surface area (TPSA) is 87.1 Å². The Hall–Kier alpha value is -3.58. The number of carbonyl (C=O) groups is 2. The molecule has 0 saturated carbocycles. The maximum atomic E-state index is 13.2. The quantitative estimate of drug-likeness (QED) is 0.300. The summed E-state index contributed by atoms with van der Waals surface area (Å²) < 4.78 is 6.14. The van der Waals surface area contributed by atoms with Crippen LogP contribution in [0.25, 0.3) is 5.76 Å². The van der Waals surface area contributed by atoms with Crippen molar-refractivity contribution in [3.8, 4) is 11.5 Å². The number of anilines is 1. The zero-order valence-corrected chi connectivity index (χ0v) is 19.0. The number of phenols is 1. The fraction of sp³-hybridized carbons (Fsp3) is 0.120. The Morgan fingerprint density at radius 3 is 2.41 bits per heavy atom. The van der Waals surface area contributed by atoms with Gasteiger partial charge in [0.1, 0.15) is 17.3 Å². The normalized spacial score (nSPS) is 17.6. The van der Waals surface area contributed by atoms with E-state index in [-0.39, 0.29) is 17.1 Å². The average Bonchev–Trinajstić information content (AvgIpc) is 3.06. The maximum absolute atomic E-state index is 13.2. The molecule has 6 nitrogen and oxygen atoms in total. The van der Waals surface area contributed by atoms with Gasteiger partial charge in [-0.1, -0.05) is 40.2 Å². The lowest BCUT2D eigenvalue weighted by atomic mass is 9.94. The highest BCUT2D eigenvalue weighted by atomic mass is 79.9. The van der Waals surface area contributed by atoms with E-state index in [1.54, 1.807) is 54.6 Å². The number of phenolic OH excluding ortho intramolecular Hbond substituents is 1. The van der Waals surface area contributed by atoms with Crippen molar-refractivity contribution in [3.05, 3.63) is 93.5 Å². The summed E-state index contributed by atoms with van der Waals surface area (Å²) in [5, 5.41) is 20.9. The number of aromatic hydroxyl groups is 1. The highest BCUT2D eigenvalue weighted by molar-refractivity contribution is 9.10. The van der Waals surface area contributed by atoms with E-state index < -0.39 is 17.7 Å². The molecule has 32 heavy (non-hydrogen) atoms. The fourth-order valence-electron chi connectivity index (χ4n) is 3.78. The second kappa shape index (κ2) is 8.51. The van der Waals surface area contributed by atoms with Crippen molar-refractivity contribution in [1.29, 1.82) is 0 Å². The monoisotopic (exact) mass is 493 g/mol. The molecule has 1 heterocycles. The zero-order valence-electron chi connectivity index (χ0n) is 17.4. The van der Waals surface area contributed by atoms with Crippen molar-refractivity contribution in [2.24, 2.45) is 0 Å². The van der Waals surface area contributed by atoms with Gasteiger partial charge in [0.2, 0.25) is 0 Å². The minimum absolute atomic E-state index is 0.0229. The Morgan fingerprint density at radius 2 is 1.75 bits per heavy atom. The van der Waals surface area contributed by atoms with Crippen molar-refractivity contribution in [3.63, 3.8) is 0 Å². The van der Waals surface area contributed by atoms with Crippen LogP contribution in [0.1, 0.15) is 22.7 Å². The third-order valence-corrected chi connectivity index (χ3v) is 6.31. The van der Waals surface area contributed by atoms with Gasteiger partial charge in [-0.2, -0.15) is 0 Å². The van der Waals surface area contributed by atoms with Crippen molar-refractivity contribution in [1.82, 2.24) is 0 Å². The lowest BCUT2D eigenvalue weighted by Crippen LogP contribution is -2.29. The van der Waals surface area contributed by atoms with Crippen LogP contribution in [0.15, 0.2) is 76.8 Å². The maximum Gasteiger partial charge on any atom is 0.300 e. The molecular weight excluding hydrogens is 474 g/mol. The molecule has 0 aromatic heterocycles. The molecule has 1 amide bonds. The molecule has 1 saturated heterocycles. The van der Waals surface area contributed by atoms with E-state index in [2.05, 4.69) is 15.9 Å². The summed E-state index contributed by atoms with van der Waals surface area (Å²) in [7, 11) is 1.51. The molecule has 0 aliphatic carbocycles. The van der Waals surface area contributed by atoms with E-state index >= 15 is 0 Å². The first-order valence-corrected chi connectivity index (χ1v) is 10.6. The third kappa shape index (κ3) is 3.76.